The second kappa shape index (κ2) is 9.70. The second-order valence-electron chi connectivity index (χ2n) is 8.33. The molecule has 6 nitrogen and oxygen atoms in total. The molecular weight excluding hydrogens is 372 g/mol. The summed E-state index contributed by atoms with van der Waals surface area (Å²) in [4.78, 5) is 18.5. The Kier molecular flexibility index (Phi) is 7.30. The summed E-state index contributed by atoms with van der Waals surface area (Å²) in [5.74, 6) is 1.68. The van der Waals surface area contributed by atoms with Gasteiger partial charge in [0.25, 0.3) is 0 Å². The first-order chi connectivity index (χ1) is 13.2. The van der Waals surface area contributed by atoms with Gasteiger partial charge in [0.05, 0.1) is 18.2 Å². The largest absolute Gasteiger partial charge is 0.341 e. The van der Waals surface area contributed by atoms with E-state index in [0.717, 1.165) is 55.3 Å². The van der Waals surface area contributed by atoms with Crippen LogP contribution in [0.2, 0.25) is 0 Å². The van der Waals surface area contributed by atoms with Crippen LogP contribution in [-0.2, 0) is 6.54 Å². The maximum atomic E-state index is 4.65. The molecule has 3 heterocycles. The van der Waals surface area contributed by atoms with E-state index in [4.69, 9.17) is 0 Å². The highest BCUT2D eigenvalue weighted by atomic mass is 35.5. The Morgan fingerprint density at radius 3 is 2.39 bits per heavy atom. The van der Waals surface area contributed by atoms with E-state index in [0.29, 0.717) is 0 Å². The van der Waals surface area contributed by atoms with Crippen molar-refractivity contribution in [3.05, 3.63) is 24.9 Å². The number of halogens is 1. The Hall–Kier alpha value is -1.66. The predicted octanol–water partition coefficient (Wildman–Crippen LogP) is 3.87. The summed E-state index contributed by atoms with van der Waals surface area (Å²) in [6.07, 6.45) is 15.7. The van der Waals surface area contributed by atoms with Gasteiger partial charge in [0.2, 0.25) is 5.95 Å². The number of likely N-dealkylation sites (N-methyl/N-ethyl adjacent to an activating group) is 1. The van der Waals surface area contributed by atoms with Crippen molar-refractivity contribution in [2.75, 3.05) is 31.6 Å². The first-order valence-electron chi connectivity index (χ1n) is 10.5. The standard InChI is InChI=1S/C21H32N6.ClH/c1-17-7-9-26(10-8-17)21-23-13-18(14-24-21)20-15-22-16-27(20)12-11-25(2)19-5-3-4-6-19;/h13-17,19H,3-12H2,1-2H3;1H. The van der Waals surface area contributed by atoms with Crippen LogP contribution in [0.15, 0.2) is 24.9 Å². The van der Waals surface area contributed by atoms with Crippen molar-refractivity contribution >= 4 is 18.4 Å². The van der Waals surface area contributed by atoms with E-state index < -0.39 is 0 Å². The lowest BCUT2D eigenvalue weighted by molar-refractivity contribution is 0.237. The highest BCUT2D eigenvalue weighted by Crippen LogP contribution is 2.24. The third-order valence-corrected chi connectivity index (χ3v) is 6.35. The SMILES string of the molecule is CC1CCN(c2ncc(-c3cncn3CCN(C)C3CCCC3)cn2)CC1.Cl. The van der Waals surface area contributed by atoms with Crippen LogP contribution in [0.4, 0.5) is 5.95 Å². The van der Waals surface area contributed by atoms with Crippen molar-refractivity contribution < 1.29 is 0 Å². The van der Waals surface area contributed by atoms with Crippen LogP contribution in [0, 0.1) is 5.92 Å². The monoisotopic (exact) mass is 404 g/mol. The van der Waals surface area contributed by atoms with Crippen molar-refractivity contribution in [3.8, 4) is 11.3 Å². The third kappa shape index (κ3) is 4.84. The molecule has 2 aromatic rings. The molecule has 0 amide bonds. The number of nitrogens with zero attached hydrogens (tertiary/aromatic N) is 6. The maximum absolute atomic E-state index is 4.65. The Bertz CT molecular complexity index is 717. The van der Waals surface area contributed by atoms with Gasteiger partial charge in [-0.05, 0) is 38.6 Å². The number of hydrogen-bond acceptors (Lipinski definition) is 5. The minimum atomic E-state index is 0. The fraction of sp³-hybridized carbons (Fsp3) is 0.667. The van der Waals surface area contributed by atoms with E-state index in [2.05, 4.69) is 43.3 Å². The molecule has 4 rings (SSSR count). The molecule has 154 valence electrons. The zero-order valence-electron chi connectivity index (χ0n) is 17.1. The lowest BCUT2D eigenvalue weighted by atomic mass is 10.00. The van der Waals surface area contributed by atoms with Crippen LogP contribution < -0.4 is 4.90 Å². The zero-order chi connectivity index (χ0) is 18.6. The van der Waals surface area contributed by atoms with Gasteiger partial charge in [-0.15, -0.1) is 12.4 Å². The van der Waals surface area contributed by atoms with E-state index in [1.807, 2.05) is 24.9 Å². The molecule has 1 saturated carbocycles. The van der Waals surface area contributed by atoms with Gasteiger partial charge in [0.1, 0.15) is 0 Å². The lowest BCUT2D eigenvalue weighted by Gasteiger charge is -2.30. The highest BCUT2D eigenvalue weighted by Gasteiger charge is 2.20. The predicted molar refractivity (Wildman–Crippen MR) is 116 cm³/mol. The molecule has 0 radical (unpaired) electrons. The van der Waals surface area contributed by atoms with Crippen LogP contribution >= 0.6 is 12.4 Å². The second-order valence-corrected chi connectivity index (χ2v) is 8.33. The number of hydrogen-bond donors (Lipinski definition) is 0. The molecule has 2 aromatic heterocycles. The Labute approximate surface area is 174 Å². The van der Waals surface area contributed by atoms with Gasteiger partial charge < -0.3 is 14.4 Å². The summed E-state index contributed by atoms with van der Waals surface area (Å²) in [5, 5.41) is 0. The van der Waals surface area contributed by atoms with E-state index in [-0.39, 0.29) is 12.4 Å². The van der Waals surface area contributed by atoms with E-state index in [1.165, 1.54) is 38.5 Å². The van der Waals surface area contributed by atoms with Gasteiger partial charge in [0, 0.05) is 50.2 Å². The van der Waals surface area contributed by atoms with Crippen molar-refractivity contribution in [2.24, 2.45) is 5.92 Å². The third-order valence-electron chi connectivity index (χ3n) is 6.35. The average molecular weight is 405 g/mol. The van der Waals surface area contributed by atoms with Crippen LogP contribution in [0.5, 0.6) is 0 Å². The summed E-state index contributed by atoms with van der Waals surface area (Å²) in [5.41, 5.74) is 2.15. The molecule has 0 N–H and O–H groups in total. The molecule has 1 aliphatic carbocycles. The summed E-state index contributed by atoms with van der Waals surface area (Å²) >= 11 is 0. The minimum absolute atomic E-state index is 0. The number of imidazole rings is 1. The molecule has 0 aromatic carbocycles. The molecule has 1 saturated heterocycles. The summed E-state index contributed by atoms with van der Waals surface area (Å²) in [7, 11) is 2.25. The lowest BCUT2D eigenvalue weighted by Crippen LogP contribution is -2.34. The zero-order valence-corrected chi connectivity index (χ0v) is 17.9. The van der Waals surface area contributed by atoms with Crippen LogP contribution in [0.3, 0.4) is 0 Å². The summed E-state index contributed by atoms with van der Waals surface area (Å²) in [6, 6.07) is 0.756. The van der Waals surface area contributed by atoms with Crippen molar-refractivity contribution in [1.29, 1.82) is 0 Å². The molecular formula is C21H33ClN6. The van der Waals surface area contributed by atoms with Crippen LogP contribution in [0.1, 0.15) is 45.4 Å². The molecule has 0 atom stereocenters. The molecule has 0 bridgehead atoms. The molecule has 0 spiro atoms. The van der Waals surface area contributed by atoms with Crippen molar-refractivity contribution in [1.82, 2.24) is 24.4 Å². The number of aromatic nitrogens is 4. The fourth-order valence-electron chi connectivity index (χ4n) is 4.36. The summed E-state index contributed by atoms with van der Waals surface area (Å²) < 4.78 is 2.23. The molecule has 1 aliphatic heterocycles. The normalized spacial score (nSPS) is 18.6. The molecule has 2 fully saturated rings. The van der Waals surface area contributed by atoms with Gasteiger partial charge in [-0.2, -0.15) is 0 Å². The number of anilines is 1. The Morgan fingerprint density at radius 1 is 1.04 bits per heavy atom. The van der Waals surface area contributed by atoms with Crippen LogP contribution in [0.25, 0.3) is 11.3 Å². The van der Waals surface area contributed by atoms with E-state index in [1.54, 1.807) is 0 Å². The summed E-state index contributed by atoms with van der Waals surface area (Å²) in [6.45, 7) is 6.46. The molecule has 7 heteroatoms. The van der Waals surface area contributed by atoms with Crippen molar-refractivity contribution in [2.45, 2.75) is 58.0 Å². The molecule has 28 heavy (non-hydrogen) atoms. The average Bonchev–Trinajstić information content (AvgIpc) is 3.39. The number of rotatable bonds is 6. The Balaban J connectivity index is 0.00000225. The van der Waals surface area contributed by atoms with E-state index in [9.17, 15) is 0 Å². The van der Waals surface area contributed by atoms with Crippen molar-refractivity contribution in [3.63, 3.8) is 0 Å². The highest BCUT2D eigenvalue weighted by molar-refractivity contribution is 5.85. The fourth-order valence-corrected chi connectivity index (χ4v) is 4.36. The van der Waals surface area contributed by atoms with Gasteiger partial charge in [0.15, 0.2) is 0 Å². The Morgan fingerprint density at radius 2 is 1.71 bits per heavy atom. The topological polar surface area (TPSA) is 50.1 Å². The van der Waals surface area contributed by atoms with Crippen LogP contribution in [-0.4, -0.2) is 57.1 Å². The van der Waals surface area contributed by atoms with Gasteiger partial charge in [-0.25, -0.2) is 15.0 Å². The van der Waals surface area contributed by atoms with Gasteiger partial charge >= 0.3 is 0 Å². The first kappa shape index (κ1) is 21.1. The number of piperidine rings is 1. The maximum Gasteiger partial charge on any atom is 0.225 e. The van der Waals surface area contributed by atoms with Gasteiger partial charge in [-0.3, -0.25) is 0 Å². The van der Waals surface area contributed by atoms with E-state index >= 15 is 0 Å². The molecule has 0 unspecified atom stereocenters. The smallest absolute Gasteiger partial charge is 0.225 e. The first-order valence-corrected chi connectivity index (χ1v) is 10.5. The molecule has 2 aliphatic rings. The quantitative estimate of drug-likeness (QED) is 0.731. The van der Waals surface area contributed by atoms with Gasteiger partial charge in [-0.1, -0.05) is 19.8 Å². The minimum Gasteiger partial charge on any atom is -0.341 e.